The first-order chi connectivity index (χ1) is 5.54. The van der Waals surface area contributed by atoms with Crippen molar-refractivity contribution in [3.8, 4) is 0 Å². The fourth-order valence-electron chi connectivity index (χ4n) is 0.765. The number of alkyl halides is 1. The summed E-state index contributed by atoms with van der Waals surface area (Å²) in [5, 5.41) is 0. The van der Waals surface area contributed by atoms with Crippen molar-refractivity contribution in [2.75, 3.05) is 7.11 Å². The van der Waals surface area contributed by atoms with E-state index in [2.05, 4.69) is 4.74 Å². The summed E-state index contributed by atoms with van der Waals surface area (Å²) in [6, 6.07) is 0. The van der Waals surface area contributed by atoms with E-state index in [9.17, 15) is 14.0 Å². The summed E-state index contributed by atoms with van der Waals surface area (Å²) in [4.78, 5) is 21.8. The van der Waals surface area contributed by atoms with E-state index in [0.29, 0.717) is 0 Å². The van der Waals surface area contributed by atoms with Crippen molar-refractivity contribution >= 4 is 11.8 Å². The predicted octanol–water partition coefficient (Wildman–Crippen LogP) is 1.11. The van der Waals surface area contributed by atoms with E-state index >= 15 is 0 Å². The number of halogens is 1. The van der Waals surface area contributed by atoms with Gasteiger partial charge in [0.05, 0.1) is 7.11 Å². The van der Waals surface area contributed by atoms with Gasteiger partial charge in [-0.05, 0) is 13.3 Å². The number of ether oxygens (including phenoxy) is 1. The summed E-state index contributed by atoms with van der Waals surface area (Å²) in [5.74, 6) is -2.38. The van der Waals surface area contributed by atoms with Gasteiger partial charge in [0, 0.05) is 0 Å². The van der Waals surface area contributed by atoms with Crippen LogP contribution in [0.3, 0.4) is 0 Å². The molecule has 0 aromatic rings. The summed E-state index contributed by atoms with van der Waals surface area (Å²) >= 11 is 0. The molecule has 0 N–H and O–H groups in total. The van der Waals surface area contributed by atoms with Crippen LogP contribution in [-0.2, 0) is 14.3 Å². The molecule has 70 valence electrons. The molecule has 0 fully saturated rings. The van der Waals surface area contributed by atoms with Gasteiger partial charge in [0.25, 0.3) is 0 Å². The molecule has 0 aromatic heterocycles. The molecule has 2 unspecified atom stereocenters. The van der Waals surface area contributed by atoms with Crippen molar-refractivity contribution < 1.29 is 18.7 Å². The minimum Gasteiger partial charge on any atom is -0.468 e. The van der Waals surface area contributed by atoms with Gasteiger partial charge in [-0.3, -0.25) is 9.59 Å². The molecule has 0 aliphatic heterocycles. The van der Waals surface area contributed by atoms with Gasteiger partial charge in [-0.2, -0.15) is 0 Å². The van der Waals surface area contributed by atoms with E-state index in [1.165, 1.54) is 14.0 Å². The number of esters is 1. The highest BCUT2D eigenvalue weighted by Crippen LogP contribution is 2.08. The van der Waals surface area contributed by atoms with E-state index < -0.39 is 23.8 Å². The lowest BCUT2D eigenvalue weighted by Crippen LogP contribution is -2.29. The number of Topliss-reactive ketones (excluding diaryl/α,β-unsaturated/α-hetero) is 1. The Hall–Kier alpha value is -0.930. The van der Waals surface area contributed by atoms with E-state index in [-0.39, 0.29) is 6.42 Å². The van der Waals surface area contributed by atoms with E-state index in [1.54, 1.807) is 6.92 Å². The van der Waals surface area contributed by atoms with Gasteiger partial charge >= 0.3 is 5.97 Å². The molecule has 0 radical (unpaired) electrons. The van der Waals surface area contributed by atoms with Gasteiger partial charge in [0.2, 0.25) is 0 Å². The monoisotopic (exact) mass is 176 g/mol. The molecule has 0 aliphatic rings. The van der Waals surface area contributed by atoms with Crippen LogP contribution in [0.25, 0.3) is 0 Å². The smallest absolute Gasteiger partial charge is 0.316 e. The van der Waals surface area contributed by atoms with E-state index in [0.717, 1.165) is 0 Å². The molecule has 0 rings (SSSR count). The maximum absolute atomic E-state index is 12.7. The van der Waals surface area contributed by atoms with Crippen molar-refractivity contribution in [3.05, 3.63) is 0 Å². The van der Waals surface area contributed by atoms with E-state index in [4.69, 9.17) is 0 Å². The second kappa shape index (κ2) is 4.85. The Morgan fingerprint density at radius 1 is 1.50 bits per heavy atom. The number of carbonyl (C=O) groups excluding carboxylic acids is 2. The highest BCUT2D eigenvalue weighted by atomic mass is 19.1. The second-order valence-electron chi connectivity index (χ2n) is 2.52. The maximum Gasteiger partial charge on any atom is 0.316 e. The van der Waals surface area contributed by atoms with Crippen LogP contribution in [-0.4, -0.2) is 25.0 Å². The van der Waals surface area contributed by atoms with E-state index in [1.807, 2.05) is 0 Å². The third kappa shape index (κ3) is 2.60. The van der Waals surface area contributed by atoms with Crippen molar-refractivity contribution in [3.63, 3.8) is 0 Å². The first kappa shape index (κ1) is 11.1. The molecule has 3 nitrogen and oxygen atoms in total. The van der Waals surface area contributed by atoms with Gasteiger partial charge < -0.3 is 4.74 Å². The molecule has 0 saturated carbocycles. The molecule has 4 heteroatoms. The molecule has 0 heterocycles. The number of ketones is 1. The first-order valence-corrected chi connectivity index (χ1v) is 3.80. The first-order valence-electron chi connectivity index (χ1n) is 3.80. The van der Waals surface area contributed by atoms with Crippen LogP contribution >= 0.6 is 0 Å². The van der Waals surface area contributed by atoms with Crippen LogP contribution in [0, 0.1) is 5.92 Å². The van der Waals surface area contributed by atoms with Crippen LogP contribution in [0.1, 0.15) is 20.3 Å². The van der Waals surface area contributed by atoms with Crippen LogP contribution < -0.4 is 0 Å². The normalized spacial score (nSPS) is 15.0. The third-order valence-corrected chi connectivity index (χ3v) is 1.65. The van der Waals surface area contributed by atoms with Crippen LogP contribution in [0.15, 0.2) is 0 Å². The maximum atomic E-state index is 12.7. The Morgan fingerprint density at radius 3 is 2.33 bits per heavy atom. The van der Waals surface area contributed by atoms with Gasteiger partial charge in [-0.15, -0.1) is 0 Å². The molecule has 0 bridgehead atoms. The summed E-state index contributed by atoms with van der Waals surface area (Å²) in [7, 11) is 1.17. The Balaban J connectivity index is 4.19. The fourth-order valence-corrected chi connectivity index (χ4v) is 0.765. The predicted molar refractivity (Wildman–Crippen MR) is 41.4 cm³/mol. The number of rotatable bonds is 4. The highest BCUT2D eigenvalue weighted by Gasteiger charge is 2.27. The minimum atomic E-state index is -1.56. The summed E-state index contributed by atoms with van der Waals surface area (Å²) in [6.07, 6.45) is -1.46. The number of hydrogen-bond acceptors (Lipinski definition) is 3. The Kier molecular flexibility index (Phi) is 4.47. The molecule has 0 saturated heterocycles. The molecule has 0 aliphatic carbocycles. The minimum absolute atomic E-state index is 0.0974. The van der Waals surface area contributed by atoms with Crippen molar-refractivity contribution in [2.24, 2.45) is 5.92 Å². The summed E-state index contributed by atoms with van der Waals surface area (Å²) in [5.41, 5.74) is 0. The van der Waals surface area contributed by atoms with Crippen LogP contribution in [0.5, 0.6) is 0 Å². The van der Waals surface area contributed by atoms with Gasteiger partial charge in [0.1, 0.15) is 5.92 Å². The van der Waals surface area contributed by atoms with Gasteiger partial charge in [-0.1, -0.05) is 6.92 Å². The number of carbonyl (C=O) groups is 2. The van der Waals surface area contributed by atoms with Crippen molar-refractivity contribution in [1.82, 2.24) is 0 Å². The molecular weight excluding hydrogens is 163 g/mol. The molecule has 12 heavy (non-hydrogen) atoms. The average Bonchev–Trinajstić information content (AvgIpc) is 2.12. The van der Waals surface area contributed by atoms with Gasteiger partial charge in [-0.25, -0.2) is 4.39 Å². The SMILES string of the molecule is CCC(F)C(=O)C(C)C(=O)OC. The lowest BCUT2D eigenvalue weighted by atomic mass is 10.0. The largest absolute Gasteiger partial charge is 0.468 e. The molecule has 0 aromatic carbocycles. The highest BCUT2D eigenvalue weighted by molar-refractivity contribution is 6.00. The molecule has 2 atom stereocenters. The summed E-state index contributed by atoms with van der Waals surface area (Å²) in [6.45, 7) is 2.89. The lowest BCUT2D eigenvalue weighted by molar-refractivity contribution is -0.150. The van der Waals surface area contributed by atoms with Crippen LogP contribution in [0.2, 0.25) is 0 Å². The fraction of sp³-hybridized carbons (Fsp3) is 0.750. The lowest BCUT2D eigenvalue weighted by Gasteiger charge is -2.09. The van der Waals surface area contributed by atoms with Gasteiger partial charge in [0.15, 0.2) is 12.0 Å². The number of methoxy groups -OCH3 is 1. The zero-order chi connectivity index (χ0) is 9.72. The third-order valence-electron chi connectivity index (χ3n) is 1.65. The molecule has 0 spiro atoms. The van der Waals surface area contributed by atoms with Crippen molar-refractivity contribution in [1.29, 1.82) is 0 Å². The average molecular weight is 176 g/mol. The summed E-state index contributed by atoms with van der Waals surface area (Å²) < 4.78 is 17.0. The van der Waals surface area contributed by atoms with Crippen LogP contribution in [0.4, 0.5) is 4.39 Å². The topological polar surface area (TPSA) is 43.4 Å². The number of hydrogen-bond donors (Lipinski definition) is 0. The zero-order valence-corrected chi connectivity index (χ0v) is 7.46. The zero-order valence-electron chi connectivity index (χ0n) is 7.46. The molecule has 0 amide bonds. The molecular formula is C8H13FO3. The Bertz CT molecular complexity index is 179. The second-order valence-corrected chi connectivity index (χ2v) is 2.52. The Morgan fingerprint density at radius 2 is 2.00 bits per heavy atom. The Labute approximate surface area is 70.9 Å². The van der Waals surface area contributed by atoms with Crippen molar-refractivity contribution in [2.45, 2.75) is 26.4 Å². The standard InChI is InChI=1S/C8H13FO3/c1-4-6(9)7(10)5(2)8(11)12-3/h5-6H,4H2,1-3H3. The quantitative estimate of drug-likeness (QED) is 0.476.